The Morgan fingerprint density at radius 2 is 1.79 bits per heavy atom. The van der Waals surface area contributed by atoms with Crippen LogP contribution in [0.25, 0.3) is 0 Å². The minimum absolute atomic E-state index is 0.347. The first-order valence-corrected chi connectivity index (χ1v) is 8.16. The molecule has 0 heterocycles. The highest BCUT2D eigenvalue weighted by Crippen LogP contribution is 2.18. The van der Waals surface area contributed by atoms with E-state index in [0.29, 0.717) is 17.4 Å². The second-order valence-electron chi connectivity index (χ2n) is 4.85. The van der Waals surface area contributed by atoms with Gasteiger partial charge < -0.3 is 5.32 Å². The number of sulfonamides is 1. The lowest BCUT2D eigenvalue weighted by molar-refractivity contribution is 0.393. The van der Waals surface area contributed by atoms with E-state index in [0.717, 1.165) is 18.7 Å². The van der Waals surface area contributed by atoms with Crippen molar-refractivity contribution in [1.29, 1.82) is 0 Å². The molecule has 0 aliphatic rings. The van der Waals surface area contributed by atoms with Gasteiger partial charge in [-0.25, -0.2) is 12.7 Å². The molecule has 0 saturated carbocycles. The Balaban J connectivity index is 2.87. The zero-order valence-corrected chi connectivity index (χ0v) is 13.0. The molecule has 4 nitrogen and oxygen atoms in total. The molecule has 19 heavy (non-hydrogen) atoms. The van der Waals surface area contributed by atoms with Crippen molar-refractivity contribution in [3.05, 3.63) is 24.3 Å². The van der Waals surface area contributed by atoms with Crippen molar-refractivity contribution >= 4 is 15.7 Å². The Hall–Kier alpha value is -1.07. The van der Waals surface area contributed by atoms with E-state index in [-0.39, 0.29) is 0 Å². The number of nitrogens with one attached hydrogen (secondary N) is 1. The van der Waals surface area contributed by atoms with Crippen LogP contribution < -0.4 is 5.32 Å². The molecule has 0 aromatic heterocycles. The van der Waals surface area contributed by atoms with Gasteiger partial charge in [0.25, 0.3) is 0 Å². The molecule has 0 radical (unpaired) electrons. The fraction of sp³-hybridized carbons (Fsp3) is 0.571. The molecule has 1 aromatic rings. The number of rotatable bonds is 7. The molecule has 1 N–H and O–H groups in total. The molecule has 0 fully saturated rings. The highest BCUT2D eigenvalue weighted by molar-refractivity contribution is 7.89. The average Bonchev–Trinajstić information content (AvgIpc) is 2.39. The number of anilines is 1. The lowest BCUT2D eigenvalue weighted by Gasteiger charge is -2.20. The van der Waals surface area contributed by atoms with Crippen LogP contribution in [0.3, 0.4) is 0 Å². The highest BCUT2D eigenvalue weighted by atomic mass is 32.2. The van der Waals surface area contributed by atoms with Crippen LogP contribution in [0.4, 0.5) is 5.69 Å². The van der Waals surface area contributed by atoms with Crippen molar-refractivity contribution in [3.63, 3.8) is 0 Å². The molecule has 0 bridgehead atoms. The zero-order chi connectivity index (χ0) is 14.5. The van der Waals surface area contributed by atoms with Gasteiger partial charge in [0.2, 0.25) is 10.0 Å². The SMILES string of the molecule is CCNc1ccc(S(=O)(=O)N(C)CC(C)CC)cc1. The van der Waals surface area contributed by atoms with Crippen LogP contribution >= 0.6 is 0 Å². The second kappa shape index (κ2) is 6.91. The van der Waals surface area contributed by atoms with E-state index in [1.807, 2.05) is 6.92 Å². The average molecular weight is 284 g/mol. The molecule has 1 rings (SSSR count). The van der Waals surface area contributed by atoms with Gasteiger partial charge in [0, 0.05) is 25.8 Å². The summed E-state index contributed by atoms with van der Waals surface area (Å²) in [4.78, 5) is 0.347. The van der Waals surface area contributed by atoms with Gasteiger partial charge in [-0.2, -0.15) is 0 Å². The summed E-state index contributed by atoms with van der Waals surface area (Å²) in [5.41, 5.74) is 0.936. The molecular weight excluding hydrogens is 260 g/mol. The van der Waals surface area contributed by atoms with Gasteiger partial charge in [0.1, 0.15) is 0 Å². The summed E-state index contributed by atoms with van der Waals surface area (Å²) >= 11 is 0. The third-order valence-corrected chi connectivity index (χ3v) is 5.05. The second-order valence-corrected chi connectivity index (χ2v) is 6.90. The van der Waals surface area contributed by atoms with Crippen LogP contribution in [0.5, 0.6) is 0 Å². The van der Waals surface area contributed by atoms with Crippen LogP contribution in [0.2, 0.25) is 0 Å². The van der Waals surface area contributed by atoms with Crippen LogP contribution in [0.15, 0.2) is 29.2 Å². The molecule has 1 unspecified atom stereocenters. The Kier molecular flexibility index (Phi) is 5.82. The molecule has 0 amide bonds. The van der Waals surface area contributed by atoms with Gasteiger partial charge in [0.05, 0.1) is 4.90 Å². The molecule has 1 atom stereocenters. The minimum Gasteiger partial charge on any atom is -0.385 e. The molecule has 108 valence electrons. The zero-order valence-electron chi connectivity index (χ0n) is 12.2. The summed E-state index contributed by atoms with van der Waals surface area (Å²) in [5.74, 6) is 0.362. The quantitative estimate of drug-likeness (QED) is 0.837. The summed E-state index contributed by atoms with van der Waals surface area (Å²) in [5, 5.41) is 3.15. The predicted molar refractivity (Wildman–Crippen MR) is 79.9 cm³/mol. The Morgan fingerprint density at radius 3 is 2.26 bits per heavy atom. The van der Waals surface area contributed by atoms with E-state index in [2.05, 4.69) is 19.2 Å². The number of hydrogen-bond acceptors (Lipinski definition) is 3. The van der Waals surface area contributed by atoms with E-state index in [1.165, 1.54) is 4.31 Å². The first-order chi connectivity index (χ1) is 8.91. The van der Waals surface area contributed by atoms with Gasteiger partial charge in [-0.05, 0) is 37.1 Å². The van der Waals surface area contributed by atoms with E-state index < -0.39 is 10.0 Å². The Bertz CT molecular complexity index is 483. The topological polar surface area (TPSA) is 49.4 Å². The molecular formula is C14H24N2O2S. The standard InChI is InChI=1S/C14H24N2O2S/c1-5-12(3)11-16(4)19(17,18)14-9-7-13(8-10-14)15-6-2/h7-10,12,15H,5-6,11H2,1-4H3. The number of nitrogens with zero attached hydrogens (tertiary/aromatic N) is 1. The summed E-state index contributed by atoms with van der Waals surface area (Å²) in [7, 11) is -1.73. The third-order valence-electron chi connectivity index (χ3n) is 3.21. The van der Waals surface area contributed by atoms with E-state index >= 15 is 0 Å². The van der Waals surface area contributed by atoms with Crippen LogP contribution in [-0.4, -0.2) is 32.9 Å². The Labute approximate surface area is 116 Å². The fourth-order valence-corrected chi connectivity index (χ4v) is 3.09. The molecule has 0 aliphatic carbocycles. The van der Waals surface area contributed by atoms with Crippen molar-refractivity contribution in [2.45, 2.75) is 32.1 Å². The van der Waals surface area contributed by atoms with Crippen molar-refractivity contribution in [2.24, 2.45) is 5.92 Å². The first-order valence-electron chi connectivity index (χ1n) is 6.72. The highest BCUT2D eigenvalue weighted by Gasteiger charge is 2.21. The minimum atomic E-state index is -3.37. The van der Waals surface area contributed by atoms with Gasteiger partial charge >= 0.3 is 0 Å². The first kappa shape index (κ1) is 16.0. The van der Waals surface area contributed by atoms with Crippen molar-refractivity contribution < 1.29 is 8.42 Å². The van der Waals surface area contributed by atoms with Crippen molar-refractivity contribution in [3.8, 4) is 0 Å². The van der Waals surface area contributed by atoms with E-state index in [4.69, 9.17) is 0 Å². The molecule has 0 saturated heterocycles. The predicted octanol–water partition coefficient (Wildman–Crippen LogP) is 2.79. The molecule has 5 heteroatoms. The van der Waals surface area contributed by atoms with Crippen molar-refractivity contribution in [2.75, 3.05) is 25.5 Å². The van der Waals surface area contributed by atoms with Crippen LogP contribution in [0.1, 0.15) is 27.2 Å². The molecule has 0 spiro atoms. The number of benzene rings is 1. The monoisotopic (exact) mass is 284 g/mol. The summed E-state index contributed by atoms with van der Waals surface area (Å²) in [6.45, 7) is 7.50. The van der Waals surface area contributed by atoms with Crippen LogP contribution in [-0.2, 0) is 10.0 Å². The van der Waals surface area contributed by atoms with Crippen molar-refractivity contribution in [1.82, 2.24) is 4.31 Å². The van der Waals surface area contributed by atoms with E-state index in [1.54, 1.807) is 31.3 Å². The number of hydrogen-bond donors (Lipinski definition) is 1. The maximum atomic E-state index is 12.4. The molecule has 0 aliphatic heterocycles. The lowest BCUT2D eigenvalue weighted by atomic mass is 10.1. The maximum Gasteiger partial charge on any atom is 0.242 e. The summed E-state index contributed by atoms with van der Waals surface area (Å²) in [6, 6.07) is 6.90. The maximum absolute atomic E-state index is 12.4. The smallest absolute Gasteiger partial charge is 0.242 e. The normalized spacial score (nSPS) is 13.5. The largest absolute Gasteiger partial charge is 0.385 e. The van der Waals surface area contributed by atoms with Gasteiger partial charge in [-0.1, -0.05) is 20.3 Å². The van der Waals surface area contributed by atoms with Crippen LogP contribution in [0, 0.1) is 5.92 Å². The van der Waals surface area contributed by atoms with Gasteiger partial charge in [-0.3, -0.25) is 0 Å². The van der Waals surface area contributed by atoms with Gasteiger partial charge in [-0.15, -0.1) is 0 Å². The van der Waals surface area contributed by atoms with Gasteiger partial charge in [0.15, 0.2) is 0 Å². The molecule has 1 aromatic carbocycles. The van der Waals surface area contributed by atoms with E-state index in [9.17, 15) is 8.42 Å². The Morgan fingerprint density at radius 1 is 1.21 bits per heavy atom. The third kappa shape index (κ3) is 4.21. The fourth-order valence-electron chi connectivity index (χ4n) is 1.79. The lowest BCUT2D eigenvalue weighted by Crippen LogP contribution is -2.31. The summed E-state index contributed by atoms with van der Waals surface area (Å²) in [6.07, 6.45) is 0.971. The summed E-state index contributed by atoms with van der Waals surface area (Å²) < 4.78 is 26.2.